The fourth-order valence-electron chi connectivity index (χ4n) is 3.53. The summed E-state index contributed by atoms with van der Waals surface area (Å²) in [6, 6.07) is 5.65. The first kappa shape index (κ1) is 18.9. The van der Waals surface area contributed by atoms with Crippen LogP contribution >= 0.6 is 0 Å². The molecule has 0 saturated carbocycles. The third-order valence-corrected chi connectivity index (χ3v) is 7.33. The monoisotopic (exact) mass is 374 g/mol. The molecule has 3 rings (SSSR count). The van der Waals surface area contributed by atoms with Gasteiger partial charge in [0.05, 0.1) is 11.4 Å². The second-order valence-electron chi connectivity index (χ2n) is 7.02. The molecule has 0 N–H and O–H groups in total. The Morgan fingerprint density at radius 3 is 2.31 bits per heavy atom. The maximum atomic E-state index is 13.4. The molecule has 1 aliphatic heterocycles. The third-order valence-electron chi connectivity index (χ3n) is 5.19. The van der Waals surface area contributed by atoms with Gasteiger partial charge in [0.25, 0.3) is 0 Å². The molecular weight excluding hydrogens is 348 g/mol. The van der Waals surface area contributed by atoms with Gasteiger partial charge in [-0.2, -0.15) is 4.31 Å². The van der Waals surface area contributed by atoms with Crippen molar-refractivity contribution in [2.45, 2.75) is 51.5 Å². The number of pyridine rings is 1. The Labute approximate surface area is 156 Å². The summed E-state index contributed by atoms with van der Waals surface area (Å²) in [5.74, 6) is 0.725. The van der Waals surface area contributed by atoms with Crippen LogP contribution in [0.15, 0.2) is 35.5 Å². The van der Waals surface area contributed by atoms with Gasteiger partial charge in [-0.15, -0.1) is 0 Å². The highest BCUT2D eigenvalue weighted by Crippen LogP contribution is 2.30. The number of aryl methyl sites for hydroxylation is 2. The number of sulfonamides is 1. The van der Waals surface area contributed by atoms with Crippen molar-refractivity contribution in [3.05, 3.63) is 52.8 Å². The minimum Gasteiger partial charge on any atom is -0.489 e. The summed E-state index contributed by atoms with van der Waals surface area (Å²) in [5, 5.41) is 0. The molecule has 1 fully saturated rings. The molecule has 0 radical (unpaired) electrons. The minimum atomic E-state index is -3.55. The van der Waals surface area contributed by atoms with Crippen molar-refractivity contribution in [2.24, 2.45) is 0 Å². The van der Waals surface area contributed by atoms with Gasteiger partial charge in [0.1, 0.15) is 11.9 Å². The van der Waals surface area contributed by atoms with E-state index in [9.17, 15) is 8.42 Å². The summed E-state index contributed by atoms with van der Waals surface area (Å²) in [5.41, 5.74) is 3.69. The molecular formula is C20H26N2O3S. The fraction of sp³-hybridized carbons (Fsp3) is 0.450. The van der Waals surface area contributed by atoms with Crippen LogP contribution in [0.3, 0.4) is 0 Å². The molecule has 1 aliphatic rings. The molecule has 1 atom stereocenters. The van der Waals surface area contributed by atoms with Crippen molar-refractivity contribution in [2.75, 3.05) is 13.1 Å². The topological polar surface area (TPSA) is 59.5 Å². The first-order chi connectivity index (χ1) is 12.3. The fourth-order valence-corrected chi connectivity index (χ4v) is 5.61. The average Bonchev–Trinajstić information content (AvgIpc) is 2.61. The van der Waals surface area contributed by atoms with E-state index in [0.717, 1.165) is 40.8 Å². The number of nitrogens with zero attached hydrogens (tertiary/aromatic N) is 2. The Bertz CT molecular complexity index is 869. The number of piperidine rings is 1. The smallest absolute Gasteiger partial charge is 0.243 e. The SMILES string of the molecule is Cc1cc(C)c(C)c(S(=O)(=O)N2CCCC(Oc3ccncc3)C2)c1C. The summed E-state index contributed by atoms with van der Waals surface area (Å²) >= 11 is 0. The van der Waals surface area contributed by atoms with E-state index >= 15 is 0 Å². The quantitative estimate of drug-likeness (QED) is 0.821. The Morgan fingerprint density at radius 2 is 1.69 bits per heavy atom. The van der Waals surface area contributed by atoms with Gasteiger partial charge in [-0.05, 0) is 74.9 Å². The van der Waals surface area contributed by atoms with Crippen LogP contribution in [0, 0.1) is 27.7 Å². The second-order valence-corrected chi connectivity index (χ2v) is 8.89. The van der Waals surface area contributed by atoms with E-state index in [-0.39, 0.29) is 6.10 Å². The summed E-state index contributed by atoms with van der Waals surface area (Å²) in [6.45, 7) is 8.62. The van der Waals surface area contributed by atoms with Crippen LogP contribution in [0.25, 0.3) is 0 Å². The molecule has 26 heavy (non-hydrogen) atoms. The molecule has 1 aromatic heterocycles. The van der Waals surface area contributed by atoms with Crippen LogP contribution in [-0.2, 0) is 10.0 Å². The number of rotatable bonds is 4. The standard InChI is InChI=1S/C20H26N2O3S/c1-14-12-15(2)17(4)20(16(14)3)26(23,24)22-11-5-6-19(13-22)25-18-7-9-21-10-8-18/h7-10,12,19H,5-6,11,13H2,1-4H3. The highest BCUT2D eigenvalue weighted by molar-refractivity contribution is 7.89. The van der Waals surface area contributed by atoms with Crippen molar-refractivity contribution in [1.82, 2.24) is 9.29 Å². The van der Waals surface area contributed by atoms with Crippen LogP contribution in [0.1, 0.15) is 35.1 Å². The van der Waals surface area contributed by atoms with Crippen molar-refractivity contribution < 1.29 is 13.2 Å². The zero-order valence-corrected chi connectivity index (χ0v) is 16.6. The van der Waals surface area contributed by atoms with Gasteiger partial charge in [-0.1, -0.05) is 6.07 Å². The third kappa shape index (κ3) is 3.62. The molecule has 2 heterocycles. The van der Waals surface area contributed by atoms with Crippen LogP contribution in [0.2, 0.25) is 0 Å². The van der Waals surface area contributed by atoms with Gasteiger partial charge in [0, 0.05) is 18.9 Å². The van der Waals surface area contributed by atoms with E-state index in [1.165, 1.54) is 0 Å². The molecule has 140 valence electrons. The zero-order valence-electron chi connectivity index (χ0n) is 15.8. The van der Waals surface area contributed by atoms with Crippen LogP contribution in [0.5, 0.6) is 5.75 Å². The van der Waals surface area contributed by atoms with Gasteiger partial charge in [-0.3, -0.25) is 4.98 Å². The molecule has 1 unspecified atom stereocenters. The molecule has 0 aliphatic carbocycles. The first-order valence-electron chi connectivity index (χ1n) is 8.95. The van der Waals surface area contributed by atoms with E-state index in [2.05, 4.69) is 11.1 Å². The maximum absolute atomic E-state index is 13.4. The molecule has 2 aromatic rings. The number of aromatic nitrogens is 1. The Balaban J connectivity index is 1.88. The normalized spacial score (nSPS) is 18.7. The lowest BCUT2D eigenvalue weighted by molar-refractivity contribution is 0.129. The molecule has 5 nitrogen and oxygen atoms in total. The van der Waals surface area contributed by atoms with Gasteiger partial charge in [0.15, 0.2) is 0 Å². The first-order valence-corrected chi connectivity index (χ1v) is 10.4. The lowest BCUT2D eigenvalue weighted by atomic mass is 10.0. The van der Waals surface area contributed by atoms with Gasteiger partial charge in [-0.25, -0.2) is 8.42 Å². The van der Waals surface area contributed by atoms with Crippen molar-refractivity contribution in [1.29, 1.82) is 0 Å². The van der Waals surface area contributed by atoms with Crippen LogP contribution in [0.4, 0.5) is 0 Å². The lowest BCUT2D eigenvalue weighted by Gasteiger charge is -2.33. The minimum absolute atomic E-state index is 0.146. The number of ether oxygens (including phenoxy) is 1. The Hall–Kier alpha value is -1.92. The van der Waals surface area contributed by atoms with Gasteiger partial charge in [0.2, 0.25) is 10.0 Å². The average molecular weight is 375 g/mol. The Morgan fingerprint density at radius 1 is 1.08 bits per heavy atom. The molecule has 1 aromatic carbocycles. The van der Waals surface area contributed by atoms with E-state index in [1.54, 1.807) is 28.8 Å². The highest BCUT2D eigenvalue weighted by atomic mass is 32.2. The van der Waals surface area contributed by atoms with E-state index in [1.807, 2.05) is 27.7 Å². The maximum Gasteiger partial charge on any atom is 0.243 e. The number of hydrogen-bond acceptors (Lipinski definition) is 4. The highest BCUT2D eigenvalue weighted by Gasteiger charge is 2.33. The van der Waals surface area contributed by atoms with E-state index in [0.29, 0.717) is 18.0 Å². The van der Waals surface area contributed by atoms with Crippen LogP contribution < -0.4 is 4.74 Å². The number of hydrogen-bond donors (Lipinski definition) is 0. The molecule has 0 spiro atoms. The zero-order chi connectivity index (χ0) is 18.9. The summed E-state index contributed by atoms with van der Waals surface area (Å²) in [4.78, 5) is 4.44. The summed E-state index contributed by atoms with van der Waals surface area (Å²) in [7, 11) is -3.55. The number of benzene rings is 1. The molecule has 0 amide bonds. The summed E-state index contributed by atoms with van der Waals surface area (Å²) in [6.07, 6.45) is 4.84. The molecule has 1 saturated heterocycles. The van der Waals surface area contributed by atoms with Crippen molar-refractivity contribution in [3.63, 3.8) is 0 Å². The Kier molecular flexibility index (Phi) is 5.34. The predicted molar refractivity (Wildman–Crippen MR) is 102 cm³/mol. The van der Waals surface area contributed by atoms with E-state index in [4.69, 9.17) is 4.74 Å². The largest absolute Gasteiger partial charge is 0.489 e. The van der Waals surface area contributed by atoms with E-state index < -0.39 is 10.0 Å². The van der Waals surface area contributed by atoms with Crippen molar-refractivity contribution >= 4 is 10.0 Å². The lowest BCUT2D eigenvalue weighted by Crippen LogP contribution is -2.44. The van der Waals surface area contributed by atoms with Gasteiger partial charge < -0.3 is 4.74 Å². The predicted octanol–water partition coefficient (Wildman–Crippen LogP) is 3.55. The van der Waals surface area contributed by atoms with Crippen molar-refractivity contribution in [3.8, 4) is 5.75 Å². The molecule has 6 heteroatoms. The molecule has 0 bridgehead atoms. The summed E-state index contributed by atoms with van der Waals surface area (Å²) < 4.78 is 34.3. The van der Waals surface area contributed by atoms with Gasteiger partial charge >= 0.3 is 0 Å². The second kappa shape index (κ2) is 7.37. The van der Waals surface area contributed by atoms with Crippen LogP contribution in [-0.4, -0.2) is 36.9 Å².